The Morgan fingerprint density at radius 3 is 2.86 bits per heavy atom. The molecule has 0 aliphatic carbocycles. The third kappa shape index (κ3) is 1.92. The molecule has 2 aliphatic heterocycles. The Bertz CT molecular complexity index is 215. The Hall–Kier alpha value is -0.570. The predicted molar refractivity (Wildman–Crippen MR) is 58.8 cm³/mol. The van der Waals surface area contributed by atoms with Crippen molar-refractivity contribution >= 4 is 5.84 Å². The highest BCUT2D eigenvalue weighted by atomic mass is 15.3. The van der Waals surface area contributed by atoms with E-state index in [9.17, 15) is 0 Å². The van der Waals surface area contributed by atoms with Crippen molar-refractivity contribution in [3.05, 3.63) is 0 Å². The van der Waals surface area contributed by atoms with Crippen LogP contribution in [0.4, 0.5) is 0 Å². The molecule has 1 unspecified atom stereocenters. The first kappa shape index (κ1) is 9.97. The molecule has 2 rings (SSSR count). The van der Waals surface area contributed by atoms with Crippen LogP contribution >= 0.6 is 0 Å². The molecule has 14 heavy (non-hydrogen) atoms. The van der Waals surface area contributed by atoms with E-state index < -0.39 is 0 Å². The standard InChI is InChI=1S/C11H21N3/c1-2-11(12)14-8-4-7-13-6-3-5-10(13)9-14/h10,12H,2-9H2,1H3. The van der Waals surface area contributed by atoms with Crippen molar-refractivity contribution in [3.8, 4) is 0 Å². The summed E-state index contributed by atoms with van der Waals surface area (Å²) in [5.41, 5.74) is 0. The van der Waals surface area contributed by atoms with E-state index in [0.717, 1.165) is 31.4 Å². The molecule has 3 nitrogen and oxygen atoms in total. The average Bonchev–Trinajstić information content (AvgIpc) is 2.54. The van der Waals surface area contributed by atoms with Crippen molar-refractivity contribution in [2.24, 2.45) is 0 Å². The Morgan fingerprint density at radius 2 is 2.07 bits per heavy atom. The largest absolute Gasteiger partial charge is 0.359 e. The molecule has 0 aromatic heterocycles. The van der Waals surface area contributed by atoms with Crippen molar-refractivity contribution in [1.82, 2.24) is 9.80 Å². The summed E-state index contributed by atoms with van der Waals surface area (Å²) in [5.74, 6) is 0.832. The van der Waals surface area contributed by atoms with Crippen LogP contribution in [0.1, 0.15) is 32.6 Å². The van der Waals surface area contributed by atoms with Crippen LogP contribution < -0.4 is 0 Å². The molecule has 0 spiro atoms. The molecule has 0 saturated carbocycles. The highest BCUT2D eigenvalue weighted by molar-refractivity contribution is 5.78. The fourth-order valence-corrected chi connectivity index (χ4v) is 2.68. The van der Waals surface area contributed by atoms with E-state index in [4.69, 9.17) is 5.41 Å². The van der Waals surface area contributed by atoms with Crippen molar-refractivity contribution in [2.75, 3.05) is 26.2 Å². The van der Waals surface area contributed by atoms with Gasteiger partial charge in [0, 0.05) is 32.1 Å². The van der Waals surface area contributed by atoms with Crippen molar-refractivity contribution in [1.29, 1.82) is 5.41 Å². The lowest BCUT2D eigenvalue weighted by atomic mass is 10.2. The topological polar surface area (TPSA) is 30.3 Å². The van der Waals surface area contributed by atoms with Gasteiger partial charge in [-0.25, -0.2) is 0 Å². The number of nitrogens with one attached hydrogen (secondary N) is 1. The van der Waals surface area contributed by atoms with Crippen LogP contribution in [0, 0.1) is 5.41 Å². The van der Waals surface area contributed by atoms with Gasteiger partial charge in [-0.3, -0.25) is 10.3 Å². The van der Waals surface area contributed by atoms with E-state index in [2.05, 4.69) is 16.7 Å². The summed E-state index contributed by atoms with van der Waals surface area (Å²) in [5, 5.41) is 7.89. The summed E-state index contributed by atoms with van der Waals surface area (Å²) < 4.78 is 0. The summed E-state index contributed by atoms with van der Waals surface area (Å²) in [6.07, 6.45) is 4.82. The zero-order chi connectivity index (χ0) is 9.97. The minimum atomic E-state index is 0.740. The van der Waals surface area contributed by atoms with E-state index in [0.29, 0.717) is 0 Å². The Kier molecular flexibility index (Phi) is 3.06. The van der Waals surface area contributed by atoms with E-state index in [-0.39, 0.29) is 0 Å². The van der Waals surface area contributed by atoms with Crippen LogP contribution in [-0.4, -0.2) is 47.9 Å². The lowest BCUT2D eigenvalue weighted by Crippen LogP contribution is -2.39. The SMILES string of the molecule is CCC(=N)N1CCCN2CCCC2C1. The first-order chi connectivity index (χ1) is 6.81. The van der Waals surface area contributed by atoms with Gasteiger partial charge in [0.05, 0.1) is 5.84 Å². The number of rotatable bonds is 1. The number of hydrogen-bond donors (Lipinski definition) is 1. The maximum absolute atomic E-state index is 7.89. The van der Waals surface area contributed by atoms with Gasteiger partial charge in [-0.05, 0) is 25.8 Å². The second kappa shape index (κ2) is 4.30. The molecule has 0 aromatic rings. The lowest BCUT2D eigenvalue weighted by Gasteiger charge is -2.27. The Morgan fingerprint density at radius 1 is 1.29 bits per heavy atom. The van der Waals surface area contributed by atoms with Gasteiger partial charge in [-0.2, -0.15) is 0 Å². The smallest absolute Gasteiger partial charge is 0.0955 e. The maximum atomic E-state index is 7.89. The van der Waals surface area contributed by atoms with Gasteiger partial charge in [-0.1, -0.05) is 6.92 Å². The van der Waals surface area contributed by atoms with Gasteiger partial charge in [0.2, 0.25) is 0 Å². The highest BCUT2D eigenvalue weighted by Gasteiger charge is 2.28. The molecule has 80 valence electrons. The quantitative estimate of drug-likeness (QED) is 0.508. The van der Waals surface area contributed by atoms with Gasteiger partial charge in [-0.15, -0.1) is 0 Å². The van der Waals surface area contributed by atoms with Crippen LogP contribution in [0.25, 0.3) is 0 Å². The van der Waals surface area contributed by atoms with Gasteiger partial charge in [0.25, 0.3) is 0 Å². The Labute approximate surface area is 86.6 Å². The van der Waals surface area contributed by atoms with Gasteiger partial charge in [0.1, 0.15) is 0 Å². The maximum Gasteiger partial charge on any atom is 0.0955 e. The molecule has 3 heteroatoms. The molecule has 2 heterocycles. The molecule has 1 N–H and O–H groups in total. The highest BCUT2D eigenvalue weighted by Crippen LogP contribution is 2.21. The van der Waals surface area contributed by atoms with Crippen LogP contribution in [0.5, 0.6) is 0 Å². The minimum Gasteiger partial charge on any atom is -0.359 e. The first-order valence-corrected chi connectivity index (χ1v) is 5.87. The first-order valence-electron chi connectivity index (χ1n) is 5.87. The zero-order valence-electron chi connectivity index (χ0n) is 9.13. The van der Waals surface area contributed by atoms with Crippen molar-refractivity contribution in [2.45, 2.75) is 38.6 Å². The van der Waals surface area contributed by atoms with Gasteiger partial charge >= 0.3 is 0 Å². The van der Waals surface area contributed by atoms with Crippen LogP contribution in [0.15, 0.2) is 0 Å². The second-order valence-corrected chi connectivity index (χ2v) is 4.43. The summed E-state index contributed by atoms with van der Waals surface area (Å²) in [6.45, 7) is 6.82. The van der Waals surface area contributed by atoms with Crippen LogP contribution in [0.2, 0.25) is 0 Å². The van der Waals surface area contributed by atoms with Crippen LogP contribution in [-0.2, 0) is 0 Å². The molecule has 0 bridgehead atoms. The number of amidine groups is 1. The predicted octanol–water partition coefficient (Wildman–Crippen LogP) is 1.54. The molecule has 2 saturated heterocycles. The third-order valence-corrected chi connectivity index (χ3v) is 3.52. The Balaban J connectivity index is 1.98. The molecule has 1 atom stereocenters. The van der Waals surface area contributed by atoms with E-state index in [1.54, 1.807) is 0 Å². The summed E-state index contributed by atoms with van der Waals surface area (Å²) in [6, 6.07) is 0.740. The molecular formula is C11H21N3. The van der Waals surface area contributed by atoms with E-state index in [1.807, 2.05) is 0 Å². The normalized spacial score (nSPS) is 28.6. The van der Waals surface area contributed by atoms with Crippen molar-refractivity contribution in [3.63, 3.8) is 0 Å². The van der Waals surface area contributed by atoms with E-state index >= 15 is 0 Å². The van der Waals surface area contributed by atoms with E-state index in [1.165, 1.54) is 32.4 Å². The minimum absolute atomic E-state index is 0.740. The molecule has 0 radical (unpaired) electrons. The number of hydrogen-bond acceptors (Lipinski definition) is 2. The third-order valence-electron chi connectivity index (χ3n) is 3.52. The zero-order valence-corrected chi connectivity index (χ0v) is 9.13. The van der Waals surface area contributed by atoms with Gasteiger partial charge in [0.15, 0.2) is 0 Å². The van der Waals surface area contributed by atoms with Gasteiger partial charge < -0.3 is 4.90 Å². The second-order valence-electron chi connectivity index (χ2n) is 4.43. The van der Waals surface area contributed by atoms with Crippen LogP contribution in [0.3, 0.4) is 0 Å². The molecule has 2 aliphatic rings. The summed E-state index contributed by atoms with van der Waals surface area (Å²) >= 11 is 0. The number of fused-ring (bicyclic) bond motifs is 1. The average molecular weight is 195 g/mol. The molecule has 2 fully saturated rings. The fourth-order valence-electron chi connectivity index (χ4n) is 2.68. The summed E-state index contributed by atoms with van der Waals surface area (Å²) in [7, 11) is 0. The molecule has 0 aromatic carbocycles. The summed E-state index contributed by atoms with van der Waals surface area (Å²) in [4.78, 5) is 4.90. The molecule has 0 amide bonds. The number of nitrogens with zero attached hydrogens (tertiary/aromatic N) is 2. The monoisotopic (exact) mass is 195 g/mol. The van der Waals surface area contributed by atoms with Crippen molar-refractivity contribution < 1.29 is 0 Å². The lowest BCUT2D eigenvalue weighted by molar-refractivity contribution is 0.255. The molecular weight excluding hydrogens is 174 g/mol. The fraction of sp³-hybridized carbons (Fsp3) is 0.909.